The summed E-state index contributed by atoms with van der Waals surface area (Å²) in [5.74, 6) is -0.259. The summed E-state index contributed by atoms with van der Waals surface area (Å²) in [5, 5.41) is 17.1. The molecular formula is C14H18ClN3O3. The van der Waals surface area contributed by atoms with Gasteiger partial charge in [-0.3, -0.25) is 14.9 Å². The van der Waals surface area contributed by atoms with Crippen molar-refractivity contribution in [2.24, 2.45) is 5.41 Å². The van der Waals surface area contributed by atoms with E-state index in [0.717, 1.165) is 19.4 Å². The highest BCUT2D eigenvalue weighted by atomic mass is 35.5. The van der Waals surface area contributed by atoms with Gasteiger partial charge in [-0.15, -0.1) is 0 Å². The minimum Gasteiger partial charge on any atom is -0.319 e. The van der Waals surface area contributed by atoms with Crippen LogP contribution in [0.15, 0.2) is 18.2 Å². The van der Waals surface area contributed by atoms with Crippen LogP contribution in [0.4, 0.5) is 11.4 Å². The molecule has 1 aromatic rings. The minimum absolute atomic E-state index is 0.164. The number of nitrogens with one attached hydrogen (secondary N) is 2. The molecule has 0 aromatic heterocycles. The van der Waals surface area contributed by atoms with E-state index in [-0.39, 0.29) is 33.8 Å². The predicted octanol–water partition coefficient (Wildman–Crippen LogP) is 2.96. The van der Waals surface area contributed by atoms with E-state index in [0.29, 0.717) is 0 Å². The lowest BCUT2D eigenvalue weighted by Gasteiger charge is -2.38. The summed E-state index contributed by atoms with van der Waals surface area (Å²) < 4.78 is 0. The van der Waals surface area contributed by atoms with Gasteiger partial charge in [0, 0.05) is 11.1 Å². The third kappa shape index (κ3) is 3.51. The molecule has 0 saturated carbocycles. The fourth-order valence-corrected chi connectivity index (χ4v) is 2.79. The Kier molecular flexibility index (Phi) is 4.49. The Morgan fingerprint density at radius 2 is 2.24 bits per heavy atom. The molecular weight excluding hydrogens is 294 g/mol. The van der Waals surface area contributed by atoms with Gasteiger partial charge in [-0.05, 0) is 36.9 Å². The molecule has 1 amide bonds. The molecule has 1 unspecified atom stereocenters. The number of amides is 1. The van der Waals surface area contributed by atoms with Crippen molar-refractivity contribution in [2.75, 3.05) is 11.9 Å². The summed E-state index contributed by atoms with van der Waals surface area (Å²) in [6.45, 7) is 4.80. The minimum atomic E-state index is -0.555. The van der Waals surface area contributed by atoms with Crippen molar-refractivity contribution in [3.8, 4) is 0 Å². The number of nitrogens with zero attached hydrogens (tertiary/aromatic N) is 1. The lowest BCUT2D eigenvalue weighted by atomic mass is 9.77. The highest BCUT2D eigenvalue weighted by Crippen LogP contribution is 2.32. The summed E-state index contributed by atoms with van der Waals surface area (Å²) in [5.41, 5.74) is -0.231. The summed E-state index contributed by atoms with van der Waals surface area (Å²) >= 11 is 5.76. The van der Waals surface area contributed by atoms with Crippen molar-refractivity contribution in [1.29, 1.82) is 0 Å². The fourth-order valence-electron chi connectivity index (χ4n) is 2.63. The van der Waals surface area contributed by atoms with Crippen LogP contribution in [0.25, 0.3) is 0 Å². The highest BCUT2D eigenvalue weighted by Gasteiger charge is 2.37. The Morgan fingerprint density at radius 3 is 2.86 bits per heavy atom. The number of anilines is 1. The van der Waals surface area contributed by atoms with Gasteiger partial charge in [-0.2, -0.15) is 0 Å². The lowest BCUT2D eigenvalue weighted by molar-refractivity contribution is -0.383. The normalized spacial score (nSPS) is 20.8. The summed E-state index contributed by atoms with van der Waals surface area (Å²) in [7, 11) is 0. The fraction of sp³-hybridized carbons (Fsp3) is 0.500. The molecule has 1 aromatic carbocycles. The van der Waals surface area contributed by atoms with Crippen LogP contribution in [0.5, 0.6) is 0 Å². The molecule has 0 radical (unpaired) electrons. The topological polar surface area (TPSA) is 84.3 Å². The maximum absolute atomic E-state index is 12.4. The lowest BCUT2D eigenvalue weighted by Crippen LogP contribution is -2.53. The van der Waals surface area contributed by atoms with Crippen LogP contribution in [0.1, 0.15) is 26.7 Å². The number of halogens is 1. The van der Waals surface area contributed by atoms with Crippen LogP contribution in [0, 0.1) is 15.5 Å². The number of piperidine rings is 1. The third-order valence-corrected chi connectivity index (χ3v) is 4.04. The molecule has 1 atom stereocenters. The number of carbonyl (C=O) groups is 1. The van der Waals surface area contributed by atoms with E-state index in [1.165, 1.54) is 18.2 Å². The van der Waals surface area contributed by atoms with Gasteiger partial charge < -0.3 is 10.6 Å². The molecule has 21 heavy (non-hydrogen) atoms. The van der Waals surface area contributed by atoms with Gasteiger partial charge in [0.15, 0.2) is 0 Å². The maximum atomic E-state index is 12.4. The summed E-state index contributed by atoms with van der Waals surface area (Å²) in [4.78, 5) is 22.9. The van der Waals surface area contributed by atoms with Crippen molar-refractivity contribution in [1.82, 2.24) is 5.32 Å². The molecule has 0 bridgehead atoms. The first-order valence-electron chi connectivity index (χ1n) is 6.79. The zero-order valence-corrected chi connectivity index (χ0v) is 12.7. The van der Waals surface area contributed by atoms with Crippen LogP contribution in [-0.2, 0) is 4.79 Å². The molecule has 6 nitrogen and oxygen atoms in total. The van der Waals surface area contributed by atoms with E-state index >= 15 is 0 Å². The quantitative estimate of drug-likeness (QED) is 0.664. The number of nitro benzene ring substituents is 1. The molecule has 2 N–H and O–H groups in total. The first-order valence-corrected chi connectivity index (χ1v) is 7.17. The second kappa shape index (κ2) is 5.99. The molecule has 114 valence electrons. The first-order chi connectivity index (χ1) is 9.81. The van der Waals surface area contributed by atoms with Gasteiger partial charge in [-0.25, -0.2) is 0 Å². The average molecular weight is 312 g/mol. The highest BCUT2D eigenvalue weighted by molar-refractivity contribution is 6.31. The van der Waals surface area contributed by atoms with Gasteiger partial charge in [0.2, 0.25) is 5.91 Å². The smallest absolute Gasteiger partial charge is 0.294 e. The average Bonchev–Trinajstić information content (AvgIpc) is 2.39. The van der Waals surface area contributed by atoms with E-state index in [1.807, 2.05) is 13.8 Å². The standard InChI is InChI=1S/C14H18ClN3O3/c1-14(2)6-3-7-16-12(14)13(19)17-10-5-4-9(15)8-11(10)18(20)21/h4-5,8,12,16H,3,6-7H2,1-2H3,(H,17,19). The Bertz CT molecular complexity index is 575. The number of hydrogen-bond acceptors (Lipinski definition) is 4. The molecule has 2 rings (SSSR count). The largest absolute Gasteiger partial charge is 0.319 e. The number of hydrogen-bond donors (Lipinski definition) is 2. The van der Waals surface area contributed by atoms with Crippen molar-refractivity contribution >= 4 is 28.9 Å². The van der Waals surface area contributed by atoms with Crippen LogP contribution >= 0.6 is 11.6 Å². The Hall–Kier alpha value is -1.66. The molecule has 1 aliphatic heterocycles. The van der Waals surface area contributed by atoms with E-state index in [9.17, 15) is 14.9 Å². The van der Waals surface area contributed by atoms with E-state index in [1.54, 1.807) is 0 Å². The van der Waals surface area contributed by atoms with Crippen LogP contribution in [0.2, 0.25) is 5.02 Å². The number of carbonyl (C=O) groups excluding carboxylic acids is 1. The van der Waals surface area contributed by atoms with Gasteiger partial charge >= 0.3 is 0 Å². The Morgan fingerprint density at radius 1 is 1.52 bits per heavy atom. The summed E-state index contributed by atoms with van der Waals surface area (Å²) in [6.07, 6.45) is 1.94. The van der Waals surface area contributed by atoms with Crippen LogP contribution in [-0.4, -0.2) is 23.4 Å². The molecule has 1 heterocycles. The zero-order valence-electron chi connectivity index (χ0n) is 12.0. The van der Waals surface area contributed by atoms with Crippen molar-refractivity contribution in [2.45, 2.75) is 32.7 Å². The molecule has 0 aliphatic carbocycles. The monoisotopic (exact) mass is 311 g/mol. The molecule has 1 fully saturated rings. The SMILES string of the molecule is CC1(C)CCCNC1C(=O)Nc1ccc(Cl)cc1[N+](=O)[O-]. The molecule has 7 heteroatoms. The molecule has 1 saturated heterocycles. The van der Waals surface area contributed by atoms with Gasteiger partial charge in [-0.1, -0.05) is 25.4 Å². The number of nitro groups is 1. The first kappa shape index (κ1) is 15.7. The second-order valence-corrected chi connectivity index (χ2v) is 6.32. The van der Waals surface area contributed by atoms with E-state index in [2.05, 4.69) is 10.6 Å². The van der Waals surface area contributed by atoms with Crippen LogP contribution < -0.4 is 10.6 Å². The van der Waals surface area contributed by atoms with Crippen molar-refractivity contribution in [3.05, 3.63) is 33.3 Å². The third-order valence-electron chi connectivity index (χ3n) is 3.80. The second-order valence-electron chi connectivity index (χ2n) is 5.89. The Labute approximate surface area is 128 Å². The maximum Gasteiger partial charge on any atom is 0.294 e. The van der Waals surface area contributed by atoms with Crippen molar-refractivity contribution in [3.63, 3.8) is 0 Å². The Balaban J connectivity index is 2.22. The molecule has 0 spiro atoms. The molecule has 1 aliphatic rings. The zero-order chi connectivity index (χ0) is 15.6. The summed E-state index contributed by atoms with van der Waals surface area (Å²) in [6, 6.07) is 3.83. The van der Waals surface area contributed by atoms with Gasteiger partial charge in [0.25, 0.3) is 5.69 Å². The van der Waals surface area contributed by atoms with Gasteiger partial charge in [0.1, 0.15) is 5.69 Å². The number of rotatable bonds is 3. The van der Waals surface area contributed by atoms with Crippen molar-refractivity contribution < 1.29 is 9.72 Å². The predicted molar refractivity (Wildman–Crippen MR) is 81.5 cm³/mol. The number of benzene rings is 1. The van der Waals surface area contributed by atoms with Gasteiger partial charge in [0.05, 0.1) is 11.0 Å². The van der Waals surface area contributed by atoms with Crippen LogP contribution in [0.3, 0.4) is 0 Å². The van der Waals surface area contributed by atoms with E-state index < -0.39 is 4.92 Å². The van der Waals surface area contributed by atoms with E-state index in [4.69, 9.17) is 11.6 Å².